The van der Waals surface area contributed by atoms with Crippen molar-refractivity contribution in [1.29, 1.82) is 0 Å². The number of thioether (sulfide) groups is 1. The molecule has 1 heterocycles. The molecule has 6 heteroatoms. The van der Waals surface area contributed by atoms with Crippen LogP contribution in [0.2, 0.25) is 0 Å². The van der Waals surface area contributed by atoms with Crippen LogP contribution in [0.5, 0.6) is 0 Å². The molecule has 19 heavy (non-hydrogen) atoms. The van der Waals surface area contributed by atoms with Gasteiger partial charge in [0.2, 0.25) is 0 Å². The van der Waals surface area contributed by atoms with Gasteiger partial charge in [-0.05, 0) is 18.6 Å². The fourth-order valence-corrected chi connectivity index (χ4v) is 3.65. The fraction of sp³-hybridized carbons (Fsp3) is 0.538. The summed E-state index contributed by atoms with van der Waals surface area (Å²) in [7, 11) is 0. The first-order valence-electron chi connectivity index (χ1n) is 6.35. The maximum atomic E-state index is 10.9. The zero-order chi connectivity index (χ0) is 13.8. The molecule has 1 atom stereocenters. The van der Waals surface area contributed by atoms with E-state index in [1.165, 1.54) is 0 Å². The van der Waals surface area contributed by atoms with Crippen molar-refractivity contribution in [3.05, 3.63) is 33.9 Å². The standard InChI is InChI=1S/C13H17ClN2O2S/c1-2-12-9-15(5-6-19-12)11-3-4-13(16(17)18)10(7-11)8-14/h3-4,7,12H,2,5-6,8-9H2,1H3. The predicted octanol–water partition coefficient (Wildman–Crippen LogP) is 3.67. The summed E-state index contributed by atoms with van der Waals surface area (Å²) in [5.74, 6) is 1.27. The highest BCUT2D eigenvalue weighted by Crippen LogP contribution is 2.30. The van der Waals surface area contributed by atoms with E-state index >= 15 is 0 Å². The van der Waals surface area contributed by atoms with Gasteiger partial charge in [-0.15, -0.1) is 11.6 Å². The Kier molecular flexibility index (Phi) is 4.93. The van der Waals surface area contributed by atoms with Gasteiger partial charge in [0.1, 0.15) is 0 Å². The Morgan fingerprint density at radius 3 is 3.00 bits per heavy atom. The van der Waals surface area contributed by atoms with E-state index in [0.717, 1.165) is 31.0 Å². The quantitative estimate of drug-likeness (QED) is 0.483. The SMILES string of the molecule is CCC1CN(c2ccc([N+](=O)[O-])c(CCl)c2)CCS1. The van der Waals surface area contributed by atoms with E-state index < -0.39 is 0 Å². The molecule has 1 unspecified atom stereocenters. The third-order valence-electron chi connectivity index (χ3n) is 3.36. The first-order valence-corrected chi connectivity index (χ1v) is 7.93. The van der Waals surface area contributed by atoms with E-state index in [-0.39, 0.29) is 16.5 Å². The number of rotatable bonds is 4. The largest absolute Gasteiger partial charge is 0.370 e. The summed E-state index contributed by atoms with van der Waals surface area (Å²) in [5, 5.41) is 11.5. The van der Waals surface area contributed by atoms with Crippen LogP contribution in [0.1, 0.15) is 18.9 Å². The summed E-state index contributed by atoms with van der Waals surface area (Å²) in [4.78, 5) is 12.8. The van der Waals surface area contributed by atoms with Gasteiger partial charge in [-0.25, -0.2) is 0 Å². The van der Waals surface area contributed by atoms with E-state index in [4.69, 9.17) is 11.6 Å². The molecule has 1 aromatic rings. The van der Waals surface area contributed by atoms with Crippen molar-refractivity contribution in [1.82, 2.24) is 0 Å². The Bertz CT molecular complexity index is 470. The maximum absolute atomic E-state index is 10.9. The number of halogens is 1. The van der Waals surface area contributed by atoms with Crippen LogP contribution in [0.4, 0.5) is 11.4 Å². The third-order valence-corrected chi connectivity index (χ3v) is 5.02. The monoisotopic (exact) mass is 300 g/mol. The first kappa shape index (κ1) is 14.5. The van der Waals surface area contributed by atoms with Gasteiger partial charge in [0, 0.05) is 41.4 Å². The minimum Gasteiger partial charge on any atom is -0.370 e. The first-order chi connectivity index (χ1) is 9.15. The minimum atomic E-state index is -0.373. The Morgan fingerprint density at radius 2 is 2.37 bits per heavy atom. The molecule has 1 aliphatic heterocycles. The lowest BCUT2D eigenvalue weighted by Gasteiger charge is -2.33. The lowest BCUT2D eigenvalue weighted by atomic mass is 10.1. The summed E-state index contributed by atoms with van der Waals surface area (Å²) < 4.78 is 0. The van der Waals surface area contributed by atoms with Crippen LogP contribution in [0.25, 0.3) is 0 Å². The number of benzene rings is 1. The second kappa shape index (κ2) is 6.48. The van der Waals surface area contributed by atoms with E-state index in [0.29, 0.717) is 10.8 Å². The van der Waals surface area contributed by atoms with Crippen molar-refractivity contribution in [2.45, 2.75) is 24.5 Å². The van der Waals surface area contributed by atoms with E-state index in [2.05, 4.69) is 11.8 Å². The zero-order valence-electron chi connectivity index (χ0n) is 10.8. The second-order valence-corrected chi connectivity index (χ2v) is 6.23. The van der Waals surface area contributed by atoms with Crippen molar-refractivity contribution in [2.24, 2.45) is 0 Å². The number of alkyl halides is 1. The molecule has 1 aliphatic rings. The predicted molar refractivity (Wildman–Crippen MR) is 81.4 cm³/mol. The highest BCUT2D eigenvalue weighted by molar-refractivity contribution is 8.00. The molecule has 0 spiro atoms. The van der Waals surface area contributed by atoms with E-state index in [9.17, 15) is 10.1 Å². The molecule has 0 amide bonds. The van der Waals surface area contributed by atoms with Gasteiger partial charge >= 0.3 is 0 Å². The molecule has 0 bridgehead atoms. The minimum absolute atomic E-state index is 0.108. The summed E-state index contributed by atoms with van der Waals surface area (Å²) in [6.45, 7) is 4.18. The highest BCUT2D eigenvalue weighted by atomic mass is 35.5. The van der Waals surface area contributed by atoms with Gasteiger partial charge in [0.15, 0.2) is 0 Å². The molecule has 0 radical (unpaired) electrons. The molecule has 1 saturated heterocycles. The van der Waals surface area contributed by atoms with Crippen molar-refractivity contribution in [2.75, 3.05) is 23.7 Å². The van der Waals surface area contributed by atoms with Gasteiger partial charge in [-0.2, -0.15) is 11.8 Å². The lowest BCUT2D eigenvalue weighted by Crippen LogP contribution is -2.37. The van der Waals surface area contributed by atoms with Crippen LogP contribution in [0, 0.1) is 10.1 Å². The normalized spacial score (nSPS) is 19.5. The van der Waals surface area contributed by atoms with Crippen molar-refractivity contribution >= 4 is 34.7 Å². The molecular weight excluding hydrogens is 284 g/mol. The second-order valence-electron chi connectivity index (χ2n) is 4.55. The van der Waals surface area contributed by atoms with E-state index in [1.54, 1.807) is 6.07 Å². The smallest absolute Gasteiger partial charge is 0.273 e. The average Bonchev–Trinajstić information content (AvgIpc) is 2.46. The average molecular weight is 301 g/mol. The molecule has 0 aliphatic carbocycles. The highest BCUT2D eigenvalue weighted by Gasteiger charge is 2.21. The molecule has 0 saturated carbocycles. The van der Waals surface area contributed by atoms with Gasteiger partial charge in [-0.1, -0.05) is 6.92 Å². The van der Waals surface area contributed by atoms with Crippen molar-refractivity contribution in [3.8, 4) is 0 Å². The molecule has 4 nitrogen and oxygen atoms in total. The Balaban J connectivity index is 2.23. The van der Waals surface area contributed by atoms with Crippen LogP contribution in [-0.4, -0.2) is 29.0 Å². The van der Waals surface area contributed by atoms with Gasteiger partial charge < -0.3 is 4.90 Å². The Hall–Kier alpha value is -0.940. The summed E-state index contributed by atoms with van der Waals surface area (Å²) in [6, 6.07) is 5.25. The molecule has 0 N–H and O–H groups in total. The van der Waals surface area contributed by atoms with Gasteiger partial charge in [0.05, 0.1) is 10.8 Å². The fourth-order valence-electron chi connectivity index (χ4n) is 2.25. The topological polar surface area (TPSA) is 46.4 Å². The number of nitro groups is 1. The Morgan fingerprint density at radius 1 is 1.58 bits per heavy atom. The molecule has 2 rings (SSSR count). The van der Waals surface area contributed by atoms with Crippen LogP contribution < -0.4 is 4.90 Å². The summed E-state index contributed by atoms with van der Waals surface area (Å²) in [6.07, 6.45) is 1.15. The summed E-state index contributed by atoms with van der Waals surface area (Å²) >= 11 is 7.82. The number of nitro benzene ring substituents is 1. The van der Waals surface area contributed by atoms with Crippen LogP contribution in [0.15, 0.2) is 18.2 Å². The lowest BCUT2D eigenvalue weighted by molar-refractivity contribution is -0.385. The molecule has 104 valence electrons. The number of hydrogen-bond donors (Lipinski definition) is 0. The van der Waals surface area contributed by atoms with Gasteiger partial charge in [-0.3, -0.25) is 10.1 Å². The molecular formula is C13H17ClN2O2S. The zero-order valence-corrected chi connectivity index (χ0v) is 12.4. The van der Waals surface area contributed by atoms with Crippen LogP contribution >= 0.6 is 23.4 Å². The third kappa shape index (κ3) is 3.34. The van der Waals surface area contributed by atoms with Crippen molar-refractivity contribution < 1.29 is 4.92 Å². The van der Waals surface area contributed by atoms with Gasteiger partial charge in [0.25, 0.3) is 5.69 Å². The molecule has 1 fully saturated rings. The number of nitrogens with zero attached hydrogens (tertiary/aromatic N) is 2. The van der Waals surface area contributed by atoms with Crippen molar-refractivity contribution in [3.63, 3.8) is 0 Å². The number of hydrogen-bond acceptors (Lipinski definition) is 4. The van der Waals surface area contributed by atoms with E-state index in [1.807, 2.05) is 23.9 Å². The molecule has 0 aromatic heterocycles. The number of anilines is 1. The van der Waals surface area contributed by atoms with Crippen LogP contribution in [-0.2, 0) is 5.88 Å². The van der Waals surface area contributed by atoms with Crippen LogP contribution in [0.3, 0.4) is 0 Å². The maximum Gasteiger partial charge on any atom is 0.273 e. The molecule has 1 aromatic carbocycles. The summed E-state index contributed by atoms with van der Waals surface area (Å²) in [5.41, 5.74) is 1.74. The Labute approximate surface area is 122 Å².